The number of hydrogen-bond donors (Lipinski definition) is 2. The van der Waals surface area contributed by atoms with E-state index in [4.69, 9.17) is 17.4 Å². The Morgan fingerprint density at radius 2 is 2.20 bits per heavy atom. The van der Waals surface area contributed by atoms with E-state index in [0.717, 1.165) is 19.6 Å². The van der Waals surface area contributed by atoms with Crippen molar-refractivity contribution in [2.45, 2.75) is 12.8 Å². The average molecular weight is 298 g/mol. The number of nitrogens with two attached hydrogens (primary N) is 1. The first-order chi connectivity index (χ1) is 9.61. The number of carbonyl (C=O) groups is 1. The summed E-state index contributed by atoms with van der Waals surface area (Å²) in [6.45, 7) is 3.78. The number of hydrazine groups is 1. The molecular weight excluding hydrogens is 278 g/mol. The molecule has 0 radical (unpaired) electrons. The van der Waals surface area contributed by atoms with Gasteiger partial charge in [0.25, 0.3) is 5.91 Å². The zero-order chi connectivity index (χ0) is 14.5. The Balaban J connectivity index is 1.98. The van der Waals surface area contributed by atoms with Gasteiger partial charge in [0.1, 0.15) is 11.5 Å². The maximum Gasteiger partial charge on any atom is 0.273 e. The van der Waals surface area contributed by atoms with Crippen LogP contribution in [0.15, 0.2) is 12.1 Å². The highest BCUT2D eigenvalue weighted by molar-refractivity contribution is 6.33. The van der Waals surface area contributed by atoms with Crippen molar-refractivity contribution in [1.29, 1.82) is 0 Å². The minimum absolute atomic E-state index is 0.189. The molecule has 1 saturated heterocycles. The van der Waals surface area contributed by atoms with Crippen LogP contribution < -0.4 is 11.3 Å². The first-order valence-electron chi connectivity index (χ1n) is 6.73. The van der Waals surface area contributed by atoms with Crippen LogP contribution in [0.3, 0.4) is 0 Å². The van der Waals surface area contributed by atoms with Crippen LogP contribution in [0.25, 0.3) is 0 Å². The number of aromatic nitrogens is 1. The molecule has 1 aliphatic heterocycles. The monoisotopic (exact) mass is 297 g/mol. The number of nitrogens with zero attached hydrogens (tertiary/aromatic N) is 3. The molecule has 2 rings (SSSR count). The lowest BCUT2D eigenvalue weighted by Crippen LogP contribution is -2.35. The topological polar surface area (TPSA) is 74.5 Å². The van der Waals surface area contributed by atoms with Crippen molar-refractivity contribution in [3.8, 4) is 0 Å². The first kappa shape index (κ1) is 15.0. The van der Waals surface area contributed by atoms with Crippen LogP contribution >= 0.6 is 11.6 Å². The Morgan fingerprint density at radius 1 is 1.50 bits per heavy atom. The Kier molecular flexibility index (Phi) is 5.17. The maximum atomic E-state index is 12.3. The van der Waals surface area contributed by atoms with E-state index >= 15 is 0 Å². The highest BCUT2D eigenvalue weighted by atomic mass is 35.5. The molecule has 1 aromatic heterocycles. The standard InChI is InChI=1S/C13H20ClN5O/c1-18(8-9-19-6-2-3-7-19)13(20)12-10(14)4-5-11(16-12)17-15/h4-5H,2-3,6-9,15H2,1H3,(H,16,17). The minimum atomic E-state index is -0.189. The zero-order valence-corrected chi connectivity index (χ0v) is 12.4. The van der Waals surface area contributed by atoms with Gasteiger partial charge in [-0.2, -0.15) is 0 Å². The van der Waals surface area contributed by atoms with Crippen molar-refractivity contribution in [2.24, 2.45) is 5.84 Å². The Hall–Kier alpha value is -1.37. The van der Waals surface area contributed by atoms with Crippen molar-refractivity contribution in [1.82, 2.24) is 14.8 Å². The Morgan fingerprint density at radius 3 is 2.85 bits per heavy atom. The van der Waals surface area contributed by atoms with Crippen LogP contribution in [0, 0.1) is 0 Å². The normalized spacial score (nSPS) is 15.3. The number of hydrogen-bond acceptors (Lipinski definition) is 5. The number of likely N-dealkylation sites (tertiary alicyclic amines) is 1. The van der Waals surface area contributed by atoms with Crippen molar-refractivity contribution in [3.63, 3.8) is 0 Å². The summed E-state index contributed by atoms with van der Waals surface area (Å²) < 4.78 is 0. The molecule has 1 aromatic rings. The second-order valence-electron chi connectivity index (χ2n) is 4.95. The van der Waals surface area contributed by atoms with Gasteiger partial charge in [0.05, 0.1) is 5.02 Å². The van der Waals surface area contributed by atoms with Gasteiger partial charge < -0.3 is 15.2 Å². The van der Waals surface area contributed by atoms with Gasteiger partial charge in [-0.3, -0.25) is 4.79 Å². The molecule has 1 fully saturated rings. The predicted molar refractivity (Wildman–Crippen MR) is 79.7 cm³/mol. The fourth-order valence-electron chi connectivity index (χ4n) is 2.25. The summed E-state index contributed by atoms with van der Waals surface area (Å²) in [7, 11) is 1.76. The van der Waals surface area contributed by atoms with E-state index in [1.807, 2.05) is 0 Å². The summed E-state index contributed by atoms with van der Waals surface area (Å²) in [6, 6.07) is 3.24. The second-order valence-corrected chi connectivity index (χ2v) is 5.35. The zero-order valence-electron chi connectivity index (χ0n) is 11.6. The quantitative estimate of drug-likeness (QED) is 0.631. The summed E-state index contributed by atoms with van der Waals surface area (Å²) in [5, 5.41) is 0.335. The summed E-state index contributed by atoms with van der Waals surface area (Å²) in [5.74, 6) is 5.53. The number of likely N-dealkylation sites (N-methyl/N-ethyl adjacent to an activating group) is 1. The summed E-state index contributed by atoms with van der Waals surface area (Å²) >= 11 is 6.03. The molecule has 1 aliphatic rings. The number of nitrogens with one attached hydrogen (secondary N) is 1. The van der Waals surface area contributed by atoms with E-state index in [1.54, 1.807) is 24.1 Å². The molecule has 0 bridgehead atoms. The van der Waals surface area contributed by atoms with Gasteiger partial charge in [0.2, 0.25) is 0 Å². The van der Waals surface area contributed by atoms with E-state index < -0.39 is 0 Å². The fraction of sp³-hybridized carbons (Fsp3) is 0.538. The molecule has 6 nitrogen and oxygen atoms in total. The lowest BCUT2D eigenvalue weighted by atomic mass is 10.3. The molecule has 0 aliphatic carbocycles. The van der Waals surface area contributed by atoms with Crippen LogP contribution in [0.5, 0.6) is 0 Å². The molecule has 110 valence electrons. The maximum absolute atomic E-state index is 12.3. The molecule has 20 heavy (non-hydrogen) atoms. The number of carbonyl (C=O) groups excluding carboxylic acids is 1. The lowest BCUT2D eigenvalue weighted by Gasteiger charge is -2.21. The molecule has 0 unspecified atom stereocenters. The number of pyridine rings is 1. The summed E-state index contributed by atoms with van der Waals surface area (Å²) in [5.41, 5.74) is 2.64. The van der Waals surface area contributed by atoms with Crippen molar-refractivity contribution in [3.05, 3.63) is 22.8 Å². The Labute approximate surface area is 123 Å². The average Bonchev–Trinajstić information content (AvgIpc) is 2.98. The number of rotatable bonds is 5. The molecule has 0 spiro atoms. The molecule has 2 heterocycles. The fourth-order valence-corrected chi connectivity index (χ4v) is 2.44. The van der Waals surface area contributed by atoms with Gasteiger partial charge in [0, 0.05) is 20.1 Å². The third-order valence-corrected chi connectivity index (χ3v) is 3.80. The van der Waals surface area contributed by atoms with Crippen molar-refractivity contribution >= 4 is 23.3 Å². The van der Waals surface area contributed by atoms with Crippen LogP contribution in [-0.2, 0) is 0 Å². The number of anilines is 1. The van der Waals surface area contributed by atoms with Crippen molar-refractivity contribution in [2.75, 3.05) is 38.7 Å². The van der Waals surface area contributed by atoms with E-state index in [9.17, 15) is 4.79 Å². The second kappa shape index (κ2) is 6.88. The third-order valence-electron chi connectivity index (χ3n) is 3.49. The van der Waals surface area contributed by atoms with Crippen LogP contribution in [0.4, 0.5) is 5.82 Å². The number of amides is 1. The summed E-state index contributed by atoms with van der Waals surface area (Å²) in [4.78, 5) is 20.5. The number of halogens is 1. The highest BCUT2D eigenvalue weighted by Gasteiger charge is 2.19. The van der Waals surface area contributed by atoms with Crippen LogP contribution in [-0.4, -0.2) is 53.9 Å². The van der Waals surface area contributed by atoms with Crippen LogP contribution in [0.1, 0.15) is 23.3 Å². The van der Waals surface area contributed by atoms with E-state index in [1.165, 1.54) is 12.8 Å². The van der Waals surface area contributed by atoms with Gasteiger partial charge in [-0.1, -0.05) is 11.6 Å². The molecule has 0 saturated carbocycles. The van der Waals surface area contributed by atoms with E-state index in [-0.39, 0.29) is 11.6 Å². The highest BCUT2D eigenvalue weighted by Crippen LogP contribution is 2.17. The van der Waals surface area contributed by atoms with E-state index in [0.29, 0.717) is 17.4 Å². The third kappa shape index (κ3) is 3.59. The predicted octanol–water partition coefficient (Wildman–Crippen LogP) is 1.19. The number of nitrogen functional groups attached to an aromatic ring is 1. The Bertz CT molecular complexity index is 476. The smallest absolute Gasteiger partial charge is 0.273 e. The SMILES string of the molecule is CN(CCN1CCCC1)C(=O)c1nc(NN)ccc1Cl. The molecule has 3 N–H and O–H groups in total. The van der Waals surface area contributed by atoms with Gasteiger partial charge in [-0.15, -0.1) is 0 Å². The molecular formula is C13H20ClN5O. The minimum Gasteiger partial charge on any atom is -0.339 e. The van der Waals surface area contributed by atoms with Gasteiger partial charge >= 0.3 is 0 Å². The first-order valence-corrected chi connectivity index (χ1v) is 7.10. The molecule has 1 amide bonds. The lowest BCUT2D eigenvalue weighted by molar-refractivity contribution is 0.0777. The largest absolute Gasteiger partial charge is 0.339 e. The molecule has 0 aromatic carbocycles. The van der Waals surface area contributed by atoms with Crippen molar-refractivity contribution < 1.29 is 4.79 Å². The molecule has 7 heteroatoms. The van der Waals surface area contributed by atoms with Gasteiger partial charge in [0.15, 0.2) is 0 Å². The summed E-state index contributed by atoms with van der Waals surface area (Å²) in [6.07, 6.45) is 2.49. The molecule has 0 atom stereocenters. The van der Waals surface area contributed by atoms with E-state index in [2.05, 4.69) is 15.3 Å². The van der Waals surface area contributed by atoms with Gasteiger partial charge in [-0.25, -0.2) is 10.8 Å². The van der Waals surface area contributed by atoms with Gasteiger partial charge in [-0.05, 0) is 38.1 Å². The van der Waals surface area contributed by atoms with Crippen LogP contribution in [0.2, 0.25) is 5.02 Å².